The number of carbonyl (C=O) groups is 4. The van der Waals surface area contributed by atoms with Crippen LogP contribution in [-0.2, 0) is 35.8 Å². The second-order valence-electron chi connectivity index (χ2n) is 18.6. The first kappa shape index (κ1) is 44.4. The largest absolute Gasteiger partial charge is 0.460 e. The van der Waals surface area contributed by atoms with Crippen LogP contribution in [0.1, 0.15) is 137 Å². The van der Waals surface area contributed by atoms with Gasteiger partial charge in [0.1, 0.15) is 17.7 Å². The molecule has 320 valence electrons. The second-order valence-corrected chi connectivity index (χ2v) is 18.6. The Bertz CT molecular complexity index is 2120. The third-order valence-corrected chi connectivity index (χ3v) is 13.0. The van der Waals surface area contributed by atoms with Crippen molar-refractivity contribution in [3.63, 3.8) is 0 Å². The first-order chi connectivity index (χ1) is 28.6. The number of carbonyl (C=O) groups excluding carboxylic acids is 4. The molecule has 1 heterocycles. The quantitative estimate of drug-likeness (QED) is 0.0744. The van der Waals surface area contributed by atoms with Crippen LogP contribution in [0.15, 0.2) is 67.8 Å². The Labute approximate surface area is 358 Å². The average Bonchev–Trinajstić information content (AvgIpc) is 3.50. The van der Waals surface area contributed by atoms with E-state index in [4.69, 9.17) is 4.74 Å². The molecule has 0 saturated carbocycles. The number of ether oxygens (including phenoxy) is 1. The van der Waals surface area contributed by atoms with E-state index in [2.05, 4.69) is 97.4 Å². The molecule has 9 heteroatoms. The predicted molar refractivity (Wildman–Crippen MR) is 243 cm³/mol. The van der Waals surface area contributed by atoms with Crippen molar-refractivity contribution in [2.24, 2.45) is 5.41 Å². The van der Waals surface area contributed by atoms with E-state index in [9.17, 15) is 19.2 Å². The highest BCUT2D eigenvalue weighted by Gasteiger charge is 2.48. The van der Waals surface area contributed by atoms with Crippen molar-refractivity contribution >= 4 is 46.6 Å². The number of Topliss-reactive ketones (excluding diaryl/α,β-unsaturated/α-hetero) is 1. The summed E-state index contributed by atoms with van der Waals surface area (Å²) in [5, 5.41) is 6.89. The zero-order valence-electron chi connectivity index (χ0n) is 36.9. The van der Waals surface area contributed by atoms with Crippen LogP contribution in [0.25, 0.3) is 11.3 Å². The van der Waals surface area contributed by atoms with Crippen molar-refractivity contribution in [3.05, 3.63) is 107 Å². The van der Waals surface area contributed by atoms with Gasteiger partial charge >= 0.3 is 5.97 Å². The van der Waals surface area contributed by atoms with E-state index in [1.54, 1.807) is 0 Å². The minimum Gasteiger partial charge on any atom is -0.460 e. The predicted octanol–water partition coefficient (Wildman–Crippen LogP) is 9.24. The second kappa shape index (κ2) is 18.6. The number of hydrogen-bond donors (Lipinski definition) is 2. The molecule has 1 fully saturated rings. The lowest BCUT2D eigenvalue weighted by Crippen LogP contribution is -2.44. The van der Waals surface area contributed by atoms with Gasteiger partial charge in [0.05, 0.1) is 11.8 Å². The summed E-state index contributed by atoms with van der Waals surface area (Å²) in [6.45, 7) is 16.5. The van der Waals surface area contributed by atoms with Crippen molar-refractivity contribution < 1.29 is 23.9 Å². The van der Waals surface area contributed by atoms with Crippen molar-refractivity contribution in [2.45, 2.75) is 115 Å². The fourth-order valence-electron chi connectivity index (χ4n) is 9.73. The molecule has 0 bridgehead atoms. The summed E-state index contributed by atoms with van der Waals surface area (Å²) in [6.07, 6.45) is 8.48. The number of likely N-dealkylation sites (tertiary alicyclic amines) is 1. The number of esters is 1. The van der Waals surface area contributed by atoms with Gasteiger partial charge in [-0.05, 0) is 146 Å². The molecule has 1 amide bonds. The zero-order valence-corrected chi connectivity index (χ0v) is 36.9. The number of anilines is 2. The molecule has 1 unspecified atom stereocenters. The number of allylic oxidation sites excluding steroid dienone is 1. The first-order valence-electron chi connectivity index (χ1n) is 21.9. The number of nitrogens with one attached hydrogen (secondary N) is 2. The van der Waals surface area contributed by atoms with Gasteiger partial charge in [0, 0.05) is 83.5 Å². The summed E-state index contributed by atoms with van der Waals surface area (Å²) in [5.74, 6) is -0.0954. The summed E-state index contributed by atoms with van der Waals surface area (Å²) in [4.78, 5) is 53.5. The molecule has 2 aliphatic carbocycles. The van der Waals surface area contributed by atoms with Crippen molar-refractivity contribution in [1.29, 1.82) is 0 Å². The number of unbranched alkanes of at least 4 members (excludes halogenated alkanes) is 2. The summed E-state index contributed by atoms with van der Waals surface area (Å²) >= 11 is 0. The summed E-state index contributed by atoms with van der Waals surface area (Å²) in [7, 11) is 6.17. The third-order valence-electron chi connectivity index (χ3n) is 13.0. The van der Waals surface area contributed by atoms with Crippen LogP contribution in [0.5, 0.6) is 0 Å². The Morgan fingerprint density at radius 1 is 0.900 bits per heavy atom. The van der Waals surface area contributed by atoms with Crippen LogP contribution in [0.2, 0.25) is 0 Å². The van der Waals surface area contributed by atoms with E-state index >= 15 is 0 Å². The van der Waals surface area contributed by atoms with Gasteiger partial charge in [0.25, 0.3) is 0 Å². The molecule has 1 spiro atoms. The lowest BCUT2D eigenvalue weighted by Gasteiger charge is -2.42. The van der Waals surface area contributed by atoms with Crippen LogP contribution >= 0.6 is 0 Å². The summed E-state index contributed by atoms with van der Waals surface area (Å²) in [5.41, 5.74) is 12.1. The molecular formula is C51H66N4O5. The van der Waals surface area contributed by atoms with E-state index in [1.165, 1.54) is 39.1 Å². The highest BCUT2D eigenvalue weighted by Crippen LogP contribution is 2.57. The van der Waals surface area contributed by atoms with Crippen LogP contribution in [0, 0.1) is 5.41 Å². The number of benzene rings is 3. The number of rotatable bonds is 18. The van der Waals surface area contributed by atoms with Gasteiger partial charge < -0.3 is 30.0 Å². The molecule has 0 radical (unpaired) electrons. The van der Waals surface area contributed by atoms with E-state index in [0.29, 0.717) is 45.2 Å². The molecule has 6 rings (SSSR count). The van der Waals surface area contributed by atoms with Gasteiger partial charge in [0.15, 0.2) is 0 Å². The minimum atomic E-state index is -0.593. The molecule has 3 aromatic rings. The normalized spacial score (nSPS) is 17.6. The highest BCUT2D eigenvalue weighted by molar-refractivity contribution is 5.84. The van der Waals surface area contributed by atoms with Crippen LogP contribution in [0.3, 0.4) is 0 Å². The van der Waals surface area contributed by atoms with E-state index in [-0.39, 0.29) is 42.3 Å². The van der Waals surface area contributed by atoms with Gasteiger partial charge in [-0.25, -0.2) is 0 Å². The van der Waals surface area contributed by atoms with Crippen molar-refractivity contribution in [3.8, 4) is 0 Å². The molecule has 1 aliphatic heterocycles. The number of amides is 1. The minimum absolute atomic E-state index is 0.0357. The monoisotopic (exact) mass is 815 g/mol. The third kappa shape index (κ3) is 9.88. The molecule has 0 aromatic heterocycles. The Hall–Kier alpha value is -5.18. The van der Waals surface area contributed by atoms with E-state index < -0.39 is 11.0 Å². The Balaban J connectivity index is 1.02. The summed E-state index contributed by atoms with van der Waals surface area (Å²) < 4.78 is 5.65. The smallest absolute Gasteiger partial charge is 0.306 e. The number of fused-ring (bicyclic) bond motifs is 6. The fraction of sp³-hybridized carbons (Fsp3) is 0.490. The van der Waals surface area contributed by atoms with Gasteiger partial charge in [-0.3, -0.25) is 14.4 Å². The van der Waals surface area contributed by atoms with Gasteiger partial charge in [-0.2, -0.15) is 0 Å². The molecule has 1 saturated heterocycles. The zero-order chi connectivity index (χ0) is 43.2. The number of hydrogen-bond acceptors (Lipinski definition) is 8. The molecule has 60 heavy (non-hydrogen) atoms. The lowest BCUT2D eigenvalue weighted by atomic mass is 9.63. The SMILES string of the molecule is C=C(NCCCCCC(=O)N1CCC(CCC(=O)CCC=O)(CC(=O)OC(C)(C)C)CC1)c1ccc2c(c1)C(=C)CC21c2ccc(NC)cc2Cc2cc(N(C)C)ccc21. The van der Waals surface area contributed by atoms with E-state index in [1.807, 2.05) is 32.7 Å². The molecule has 1 atom stereocenters. The lowest BCUT2D eigenvalue weighted by molar-refractivity contribution is -0.159. The fourth-order valence-corrected chi connectivity index (χ4v) is 9.73. The maximum atomic E-state index is 13.3. The maximum Gasteiger partial charge on any atom is 0.306 e. The molecule has 2 N–H and O–H groups in total. The number of aldehydes is 1. The molecule has 9 nitrogen and oxygen atoms in total. The van der Waals surface area contributed by atoms with Crippen LogP contribution < -0.4 is 15.5 Å². The Morgan fingerprint density at radius 2 is 1.60 bits per heavy atom. The highest BCUT2D eigenvalue weighted by atomic mass is 16.6. The topological polar surface area (TPSA) is 108 Å². The number of nitrogens with zero attached hydrogens (tertiary/aromatic N) is 2. The van der Waals surface area contributed by atoms with Crippen molar-refractivity contribution in [1.82, 2.24) is 10.2 Å². The van der Waals surface area contributed by atoms with Gasteiger partial charge in [-0.1, -0.05) is 43.8 Å². The Morgan fingerprint density at radius 3 is 2.28 bits per heavy atom. The molecule has 3 aliphatic rings. The standard InChI is InChI=1S/C51H66N4O5/c1-35-33-51(44-19-16-40(52-6)30-38(44)29-39-31-41(54(7)8)17-20-45(39)51)46-18-15-37(32-43(35)46)36(2)53-25-11-9-10-14-47(58)55-26-23-50(24-27-55,22-21-42(57)13-12-28-56)34-48(59)60-49(3,4)5/h15-20,28,30-32,52-53H,1-2,9-14,21-27,29,33-34H2,3-8H3. The van der Waals surface area contributed by atoms with E-state index in [0.717, 1.165) is 67.5 Å². The summed E-state index contributed by atoms with van der Waals surface area (Å²) in [6, 6.07) is 20.5. The first-order valence-corrected chi connectivity index (χ1v) is 21.9. The number of piperidine rings is 1. The number of ketones is 1. The average molecular weight is 815 g/mol. The Kier molecular flexibility index (Phi) is 13.8. The van der Waals surface area contributed by atoms with Crippen molar-refractivity contribution in [2.75, 3.05) is 51.0 Å². The molecule has 3 aromatic carbocycles. The van der Waals surface area contributed by atoms with Crippen LogP contribution in [0.4, 0.5) is 11.4 Å². The maximum absolute atomic E-state index is 13.3. The van der Waals surface area contributed by atoms with Gasteiger partial charge in [-0.15, -0.1) is 0 Å². The molecular weight excluding hydrogens is 749 g/mol. The van der Waals surface area contributed by atoms with Gasteiger partial charge in [0.2, 0.25) is 5.91 Å². The van der Waals surface area contributed by atoms with Crippen LogP contribution in [-0.4, -0.2) is 75.2 Å².